The Morgan fingerprint density at radius 1 is 1.04 bits per heavy atom. The summed E-state index contributed by atoms with van der Waals surface area (Å²) in [6.07, 6.45) is 1.14. The van der Waals surface area contributed by atoms with Gasteiger partial charge in [-0.05, 0) is 42.3 Å². The molecular formula is C20H24N2O2. The third-order valence-electron chi connectivity index (χ3n) is 4.35. The van der Waals surface area contributed by atoms with Crippen LogP contribution >= 0.6 is 0 Å². The maximum absolute atomic E-state index is 5.94. The van der Waals surface area contributed by atoms with Crippen LogP contribution in [0.2, 0.25) is 0 Å². The molecule has 4 heteroatoms. The van der Waals surface area contributed by atoms with E-state index in [-0.39, 0.29) is 0 Å². The maximum Gasteiger partial charge on any atom is 0.148 e. The number of benzene rings is 2. The first-order valence-corrected chi connectivity index (χ1v) is 8.42. The molecule has 3 rings (SSSR count). The molecule has 0 bridgehead atoms. The third-order valence-corrected chi connectivity index (χ3v) is 4.35. The minimum atomic E-state index is 0.456. The number of imidazole rings is 1. The van der Waals surface area contributed by atoms with Crippen LogP contribution in [0.15, 0.2) is 48.5 Å². The maximum atomic E-state index is 5.94. The van der Waals surface area contributed by atoms with Gasteiger partial charge in [-0.1, -0.05) is 32.4 Å². The molecule has 4 nitrogen and oxygen atoms in total. The van der Waals surface area contributed by atoms with E-state index in [0.29, 0.717) is 12.5 Å². The van der Waals surface area contributed by atoms with Gasteiger partial charge in [-0.2, -0.15) is 0 Å². The first-order valence-electron chi connectivity index (χ1n) is 8.42. The number of nitrogens with zero attached hydrogens (tertiary/aromatic N) is 2. The van der Waals surface area contributed by atoms with E-state index in [0.717, 1.165) is 35.8 Å². The van der Waals surface area contributed by atoms with E-state index < -0.39 is 0 Å². The average molecular weight is 324 g/mol. The van der Waals surface area contributed by atoms with E-state index in [1.807, 2.05) is 30.3 Å². The standard InChI is InChI=1S/C20H24N2O2/c1-4-15(2)13-22-19-8-6-5-7-18(19)21-20(22)14-24-17-11-9-16(23-3)10-12-17/h5-12,15H,4,13-14H2,1-3H3/t15-/m1/s1. The van der Waals surface area contributed by atoms with E-state index in [2.05, 4.69) is 36.6 Å². The van der Waals surface area contributed by atoms with Crippen LogP contribution in [-0.4, -0.2) is 16.7 Å². The highest BCUT2D eigenvalue weighted by Gasteiger charge is 2.13. The predicted octanol–water partition coefficient (Wildman–Crippen LogP) is 4.67. The Balaban J connectivity index is 1.83. The van der Waals surface area contributed by atoms with Gasteiger partial charge in [0, 0.05) is 6.54 Å². The van der Waals surface area contributed by atoms with Gasteiger partial charge in [0.15, 0.2) is 0 Å². The number of para-hydroxylation sites is 2. The summed E-state index contributed by atoms with van der Waals surface area (Å²) in [6, 6.07) is 15.9. The van der Waals surface area contributed by atoms with E-state index >= 15 is 0 Å². The number of hydrogen-bond donors (Lipinski definition) is 0. The molecule has 0 saturated heterocycles. The quantitative estimate of drug-likeness (QED) is 0.633. The molecule has 0 radical (unpaired) electrons. The number of hydrogen-bond acceptors (Lipinski definition) is 3. The second kappa shape index (κ2) is 7.39. The second-order valence-corrected chi connectivity index (χ2v) is 6.10. The van der Waals surface area contributed by atoms with Crippen LogP contribution in [0.4, 0.5) is 0 Å². The van der Waals surface area contributed by atoms with Gasteiger partial charge in [0.2, 0.25) is 0 Å². The molecule has 1 aromatic heterocycles. The van der Waals surface area contributed by atoms with Crippen LogP contribution in [-0.2, 0) is 13.2 Å². The average Bonchev–Trinajstić information content (AvgIpc) is 2.98. The Hall–Kier alpha value is -2.49. The molecule has 0 spiro atoms. The van der Waals surface area contributed by atoms with Crippen LogP contribution < -0.4 is 9.47 Å². The predicted molar refractivity (Wildman–Crippen MR) is 96.5 cm³/mol. The van der Waals surface area contributed by atoms with E-state index in [1.54, 1.807) is 7.11 Å². The van der Waals surface area contributed by atoms with Crippen LogP contribution in [0, 0.1) is 5.92 Å². The van der Waals surface area contributed by atoms with E-state index in [4.69, 9.17) is 14.5 Å². The molecule has 0 fully saturated rings. The minimum absolute atomic E-state index is 0.456. The zero-order valence-corrected chi connectivity index (χ0v) is 14.5. The highest BCUT2D eigenvalue weighted by atomic mass is 16.5. The third kappa shape index (κ3) is 3.53. The van der Waals surface area contributed by atoms with Gasteiger partial charge in [-0.25, -0.2) is 4.98 Å². The first kappa shape index (κ1) is 16.4. The Morgan fingerprint density at radius 2 is 1.75 bits per heavy atom. The number of aromatic nitrogens is 2. The summed E-state index contributed by atoms with van der Waals surface area (Å²) in [4.78, 5) is 4.76. The fraction of sp³-hybridized carbons (Fsp3) is 0.350. The lowest BCUT2D eigenvalue weighted by atomic mass is 10.1. The molecule has 126 valence electrons. The molecule has 1 atom stereocenters. The number of ether oxygens (including phenoxy) is 2. The largest absolute Gasteiger partial charge is 0.497 e. The molecule has 2 aromatic carbocycles. The van der Waals surface area contributed by atoms with Gasteiger partial charge < -0.3 is 14.0 Å². The molecule has 0 aliphatic heterocycles. The van der Waals surface area contributed by atoms with Gasteiger partial charge >= 0.3 is 0 Å². The van der Waals surface area contributed by atoms with Crippen molar-refractivity contribution in [2.24, 2.45) is 5.92 Å². The van der Waals surface area contributed by atoms with Gasteiger partial charge in [0.05, 0.1) is 18.1 Å². The topological polar surface area (TPSA) is 36.3 Å². The summed E-state index contributed by atoms with van der Waals surface area (Å²) in [5.74, 6) is 3.21. The summed E-state index contributed by atoms with van der Waals surface area (Å²) in [5.41, 5.74) is 2.19. The lowest BCUT2D eigenvalue weighted by Gasteiger charge is -2.14. The zero-order chi connectivity index (χ0) is 16.9. The monoisotopic (exact) mass is 324 g/mol. The van der Waals surface area contributed by atoms with Crippen molar-refractivity contribution in [3.8, 4) is 11.5 Å². The zero-order valence-electron chi connectivity index (χ0n) is 14.5. The van der Waals surface area contributed by atoms with Crippen molar-refractivity contribution in [1.29, 1.82) is 0 Å². The molecule has 1 heterocycles. The summed E-state index contributed by atoms with van der Waals surface area (Å²) in [5, 5.41) is 0. The Morgan fingerprint density at radius 3 is 2.46 bits per heavy atom. The summed E-state index contributed by atoms with van der Waals surface area (Å²) in [7, 11) is 1.66. The van der Waals surface area contributed by atoms with Gasteiger partial charge in [0.1, 0.15) is 23.9 Å². The van der Waals surface area contributed by atoms with Crippen LogP contribution in [0.5, 0.6) is 11.5 Å². The number of fused-ring (bicyclic) bond motifs is 1. The highest BCUT2D eigenvalue weighted by molar-refractivity contribution is 5.75. The molecule has 0 N–H and O–H groups in total. The highest BCUT2D eigenvalue weighted by Crippen LogP contribution is 2.22. The van der Waals surface area contributed by atoms with Gasteiger partial charge in [-0.3, -0.25) is 0 Å². The van der Waals surface area contributed by atoms with Crippen molar-refractivity contribution in [1.82, 2.24) is 9.55 Å². The Labute approximate surface area is 143 Å². The lowest BCUT2D eigenvalue weighted by Crippen LogP contribution is -2.12. The van der Waals surface area contributed by atoms with Gasteiger partial charge in [-0.15, -0.1) is 0 Å². The van der Waals surface area contributed by atoms with E-state index in [1.165, 1.54) is 5.52 Å². The van der Waals surface area contributed by atoms with E-state index in [9.17, 15) is 0 Å². The van der Waals surface area contributed by atoms with Crippen LogP contribution in [0.1, 0.15) is 26.1 Å². The second-order valence-electron chi connectivity index (χ2n) is 6.10. The van der Waals surface area contributed by atoms with Crippen molar-refractivity contribution >= 4 is 11.0 Å². The summed E-state index contributed by atoms with van der Waals surface area (Å²) in [6.45, 7) is 5.90. The van der Waals surface area contributed by atoms with Crippen molar-refractivity contribution in [3.63, 3.8) is 0 Å². The van der Waals surface area contributed by atoms with Crippen molar-refractivity contribution < 1.29 is 9.47 Å². The SMILES string of the molecule is CC[C@@H](C)Cn1c(COc2ccc(OC)cc2)nc2ccccc21. The Kier molecular flexibility index (Phi) is 5.04. The summed E-state index contributed by atoms with van der Waals surface area (Å²) < 4.78 is 13.4. The fourth-order valence-corrected chi connectivity index (χ4v) is 2.70. The van der Waals surface area contributed by atoms with Crippen LogP contribution in [0.25, 0.3) is 11.0 Å². The Bertz CT molecular complexity index is 793. The summed E-state index contributed by atoms with van der Waals surface area (Å²) >= 11 is 0. The molecule has 0 saturated carbocycles. The molecule has 0 unspecified atom stereocenters. The number of rotatable bonds is 7. The van der Waals surface area contributed by atoms with Gasteiger partial charge in [0.25, 0.3) is 0 Å². The normalized spacial score (nSPS) is 12.3. The number of methoxy groups -OCH3 is 1. The molecule has 0 amide bonds. The van der Waals surface area contributed by atoms with Crippen molar-refractivity contribution in [2.75, 3.05) is 7.11 Å². The van der Waals surface area contributed by atoms with Crippen LogP contribution in [0.3, 0.4) is 0 Å². The van der Waals surface area contributed by atoms with Crippen molar-refractivity contribution in [3.05, 3.63) is 54.4 Å². The molecular weight excluding hydrogens is 300 g/mol. The minimum Gasteiger partial charge on any atom is -0.497 e. The molecule has 0 aliphatic rings. The fourth-order valence-electron chi connectivity index (χ4n) is 2.70. The van der Waals surface area contributed by atoms with Crippen molar-refractivity contribution in [2.45, 2.75) is 33.4 Å². The smallest absolute Gasteiger partial charge is 0.148 e. The molecule has 0 aliphatic carbocycles. The lowest BCUT2D eigenvalue weighted by molar-refractivity contribution is 0.286. The molecule has 24 heavy (non-hydrogen) atoms. The molecule has 3 aromatic rings. The first-order chi connectivity index (χ1) is 11.7.